The summed E-state index contributed by atoms with van der Waals surface area (Å²) in [5, 5.41) is 16.6. The Morgan fingerprint density at radius 2 is 1.63 bits per heavy atom. The molecule has 12 heteroatoms. The number of likely N-dealkylation sites (tertiary alicyclic amines) is 1. The first kappa shape index (κ1) is 40.4. The van der Waals surface area contributed by atoms with Crippen LogP contribution in [0, 0.1) is 17.8 Å². The van der Waals surface area contributed by atoms with Gasteiger partial charge in [-0.2, -0.15) is 0 Å². The van der Waals surface area contributed by atoms with Crippen molar-refractivity contribution in [3.8, 4) is 0 Å². The Labute approximate surface area is 292 Å². The predicted molar refractivity (Wildman–Crippen MR) is 188 cm³/mol. The minimum atomic E-state index is -1.15. The van der Waals surface area contributed by atoms with Gasteiger partial charge in [-0.3, -0.25) is 19.2 Å². The molecule has 3 rings (SSSR count). The predicted octanol–water partition coefficient (Wildman–Crippen LogP) is 2.78. The van der Waals surface area contributed by atoms with Crippen LogP contribution in [0.25, 0.3) is 0 Å². The Hall–Kier alpha value is -3.06. The van der Waals surface area contributed by atoms with Gasteiger partial charge >= 0.3 is 0 Å². The van der Waals surface area contributed by atoms with Crippen LogP contribution in [0.15, 0.2) is 30.3 Å². The summed E-state index contributed by atoms with van der Waals surface area (Å²) in [6, 6.07) is 7.16. The topological polar surface area (TPSA) is 164 Å². The highest BCUT2D eigenvalue weighted by atomic mass is 16.5. The molecule has 1 aliphatic heterocycles. The quantitative estimate of drug-likeness (QED) is 0.194. The zero-order valence-corrected chi connectivity index (χ0v) is 31.0. The fourth-order valence-electron chi connectivity index (χ4n) is 7.15. The lowest BCUT2D eigenvalue weighted by Crippen LogP contribution is -2.61. The molecule has 0 unspecified atom stereocenters. The van der Waals surface area contributed by atoms with Crippen LogP contribution in [-0.2, 0) is 28.7 Å². The first-order chi connectivity index (χ1) is 23.0. The number of rotatable bonds is 17. The van der Waals surface area contributed by atoms with E-state index in [-0.39, 0.29) is 48.1 Å². The summed E-state index contributed by atoms with van der Waals surface area (Å²) in [7, 11) is 4.85. The van der Waals surface area contributed by atoms with Crippen LogP contribution < -0.4 is 16.4 Å². The van der Waals surface area contributed by atoms with E-state index in [1.807, 2.05) is 44.2 Å². The van der Waals surface area contributed by atoms with E-state index in [1.54, 1.807) is 58.8 Å². The van der Waals surface area contributed by atoms with E-state index in [9.17, 15) is 24.3 Å². The van der Waals surface area contributed by atoms with E-state index < -0.39 is 47.8 Å². The first-order valence-electron chi connectivity index (χ1n) is 17.8. The molecule has 5 N–H and O–H groups in total. The highest BCUT2D eigenvalue weighted by Crippen LogP contribution is 2.36. The molecule has 12 nitrogen and oxygen atoms in total. The number of aliphatic hydroxyl groups is 1. The Morgan fingerprint density at radius 3 is 2.14 bits per heavy atom. The number of carbonyl (C=O) groups is 4. The maximum absolute atomic E-state index is 14.1. The van der Waals surface area contributed by atoms with Crippen molar-refractivity contribution in [2.45, 2.75) is 128 Å². The number of hydrogen-bond acceptors (Lipinski definition) is 8. The molecule has 4 amide bonds. The second-order valence-corrected chi connectivity index (χ2v) is 15.0. The van der Waals surface area contributed by atoms with E-state index in [1.165, 1.54) is 0 Å². The van der Waals surface area contributed by atoms with Gasteiger partial charge in [-0.1, -0.05) is 57.5 Å². The van der Waals surface area contributed by atoms with Crippen LogP contribution in [0.3, 0.4) is 0 Å². The van der Waals surface area contributed by atoms with Gasteiger partial charge in [0.15, 0.2) is 0 Å². The number of hydrogen-bond donors (Lipinski definition) is 4. The molecule has 2 aliphatic rings. The third-order valence-electron chi connectivity index (χ3n) is 10.5. The number of aliphatic hydroxyl groups excluding tert-OH is 1. The molecule has 49 heavy (non-hydrogen) atoms. The SMILES string of the molecule is CO[C@H]([C@@H](C)C(=O)N[C@H](C)[C@@H](O)c1ccccc1)[C@@H]1CCCN1C(=O)C[C@@H](OC)[C@H](C1CCC1)N(C)C(=O)[C@@H](NC(=O)C(C)(C)N)C(C)C. The van der Waals surface area contributed by atoms with Crippen molar-refractivity contribution in [3.63, 3.8) is 0 Å². The van der Waals surface area contributed by atoms with Crippen LogP contribution in [0.2, 0.25) is 0 Å². The Morgan fingerprint density at radius 1 is 1.00 bits per heavy atom. The fraction of sp³-hybridized carbons (Fsp3) is 0.730. The molecule has 1 saturated heterocycles. The molecule has 2 fully saturated rings. The van der Waals surface area contributed by atoms with Gasteiger partial charge in [0, 0.05) is 27.8 Å². The number of benzene rings is 1. The highest BCUT2D eigenvalue weighted by molar-refractivity contribution is 5.91. The number of nitrogens with one attached hydrogen (secondary N) is 2. The summed E-state index contributed by atoms with van der Waals surface area (Å²) in [6.45, 7) is 11.0. The third kappa shape index (κ3) is 10.0. The summed E-state index contributed by atoms with van der Waals surface area (Å²) < 4.78 is 11.9. The average molecular weight is 688 g/mol. The van der Waals surface area contributed by atoms with Crippen molar-refractivity contribution in [2.24, 2.45) is 23.5 Å². The number of methoxy groups -OCH3 is 2. The first-order valence-corrected chi connectivity index (χ1v) is 17.8. The molecule has 0 aromatic heterocycles. The Balaban J connectivity index is 1.74. The molecule has 0 radical (unpaired) electrons. The van der Waals surface area contributed by atoms with E-state index >= 15 is 0 Å². The number of nitrogens with two attached hydrogens (primary N) is 1. The van der Waals surface area contributed by atoms with Gasteiger partial charge in [0.1, 0.15) is 6.04 Å². The van der Waals surface area contributed by atoms with Gasteiger partial charge < -0.3 is 40.7 Å². The monoisotopic (exact) mass is 687 g/mol. The lowest BCUT2D eigenvalue weighted by Gasteiger charge is -2.45. The Kier molecular flexibility index (Phi) is 14.6. The Bertz CT molecular complexity index is 1250. The number of likely N-dealkylation sites (N-methyl/N-ethyl adjacent to an activating group) is 1. The second kappa shape index (κ2) is 17.7. The molecule has 1 aromatic carbocycles. The molecule has 1 aliphatic carbocycles. The zero-order valence-electron chi connectivity index (χ0n) is 31.0. The lowest BCUT2D eigenvalue weighted by molar-refractivity contribution is -0.149. The van der Waals surface area contributed by atoms with E-state index in [4.69, 9.17) is 15.2 Å². The molecular weight excluding hydrogens is 626 g/mol. The third-order valence-corrected chi connectivity index (χ3v) is 10.5. The van der Waals surface area contributed by atoms with Crippen molar-refractivity contribution in [1.82, 2.24) is 20.4 Å². The average Bonchev–Trinajstić information content (AvgIpc) is 3.52. The highest BCUT2D eigenvalue weighted by Gasteiger charge is 2.45. The van der Waals surface area contributed by atoms with E-state index in [0.29, 0.717) is 18.5 Å². The maximum atomic E-state index is 14.1. The maximum Gasteiger partial charge on any atom is 0.245 e. The second-order valence-electron chi connectivity index (χ2n) is 15.0. The van der Waals surface area contributed by atoms with Gasteiger partial charge in [-0.15, -0.1) is 0 Å². The van der Waals surface area contributed by atoms with Gasteiger partial charge in [-0.25, -0.2) is 0 Å². The van der Waals surface area contributed by atoms with Crippen LogP contribution in [0.4, 0.5) is 0 Å². The number of ether oxygens (including phenoxy) is 2. The molecular formula is C37H61N5O7. The minimum absolute atomic E-state index is 0.0532. The molecule has 0 spiro atoms. The molecule has 276 valence electrons. The lowest BCUT2D eigenvalue weighted by atomic mass is 9.76. The van der Waals surface area contributed by atoms with Gasteiger partial charge in [0.25, 0.3) is 0 Å². The van der Waals surface area contributed by atoms with Crippen molar-refractivity contribution >= 4 is 23.6 Å². The van der Waals surface area contributed by atoms with Crippen LogP contribution in [0.1, 0.15) is 91.7 Å². The molecule has 1 aromatic rings. The van der Waals surface area contributed by atoms with E-state index in [2.05, 4.69) is 10.6 Å². The van der Waals surface area contributed by atoms with Crippen molar-refractivity contribution in [1.29, 1.82) is 0 Å². The molecule has 0 bridgehead atoms. The molecule has 8 atom stereocenters. The molecule has 1 heterocycles. The van der Waals surface area contributed by atoms with Crippen molar-refractivity contribution in [2.75, 3.05) is 27.8 Å². The van der Waals surface area contributed by atoms with Crippen molar-refractivity contribution in [3.05, 3.63) is 35.9 Å². The van der Waals surface area contributed by atoms with Crippen LogP contribution in [0.5, 0.6) is 0 Å². The van der Waals surface area contributed by atoms with Gasteiger partial charge in [0.05, 0.1) is 54.3 Å². The summed E-state index contributed by atoms with van der Waals surface area (Å²) in [6.07, 6.45) is 2.33. The van der Waals surface area contributed by atoms with Gasteiger partial charge in [-0.05, 0) is 63.9 Å². The standard InChI is InChI=1S/C37H61N5O7/c1-22(2)30(40-36(47)37(5,6)38)35(46)41(7)31(25-17-13-18-25)28(48-8)21-29(43)42-20-14-19-27(42)33(49-9)23(3)34(45)39-24(4)32(44)26-15-11-10-12-16-26/h10-12,15-16,22-25,27-28,30-33,44H,13-14,17-21,38H2,1-9H3,(H,39,45)(H,40,47)/t23-,24-,27+,28-,30+,31+,32-,33-/m1/s1. The van der Waals surface area contributed by atoms with Crippen molar-refractivity contribution < 1.29 is 33.8 Å². The normalized spacial score (nSPS) is 21.1. The number of carbonyl (C=O) groups excluding carboxylic acids is 4. The summed E-state index contributed by atoms with van der Waals surface area (Å²) in [5.74, 6) is -1.68. The fourth-order valence-corrected chi connectivity index (χ4v) is 7.15. The minimum Gasteiger partial charge on any atom is -0.386 e. The van der Waals surface area contributed by atoms with Crippen LogP contribution in [-0.4, -0.2) is 108 Å². The number of nitrogens with zero attached hydrogens (tertiary/aromatic N) is 2. The van der Waals surface area contributed by atoms with Crippen LogP contribution >= 0.6 is 0 Å². The summed E-state index contributed by atoms with van der Waals surface area (Å²) in [4.78, 5) is 57.7. The smallest absolute Gasteiger partial charge is 0.245 e. The van der Waals surface area contributed by atoms with Gasteiger partial charge in [0.2, 0.25) is 23.6 Å². The van der Waals surface area contributed by atoms with E-state index in [0.717, 1.165) is 25.7 Å². The molecule has 1 saturated carbocycles. The largest absolute Gasteiger partial charge is 0.386 e. The zero-order chi connectivity index (χ0) is 36.6. The summed E-state index contributed by atoms with van der Waals surface area (Å²) in [5.41, 5.74) is 5.58. The summed E-state index contributed by atoms with van der Waals surface area (Å²) >= 11 is 0. The number of amides is 4.